The average Bonchev–Trinajstić information content (AvgIpc) is 2.85. The molecule has 1 aromatic rings. The van der Waals surface area contributed by atoms with Crippen molar-refractivity contribution in [1.29, 1.82) is 0 Å². The van der Waals surface area contributed by atoms with Crippen molar-refractivity contribution in [1.82, 2.24) is 10.2 Å². The maximum atomic E-state index is 12.1. The van der Waals surface area contributed by atoms with E-state index in [4.69, 9.17) is 21.3 Å². The maximum absolute atomic E-state index is 12.1. The van der Waals surface area contributed by atoms with Crippen LogP contribution >= 0.6 is 23.4 Å². The summed E-state index contributed by atoms with van der Waals surface area (Å²) in [5, 5.41) is 5.32. The molecule has 0 unspecified atom stereocenters. The van der Waals surface area contributed by atoms with E-state index in [0.29, 0.717) is 28.8 Å². The van der Waals surface area contributed by atoms with Crippen LogP contribution in [0, 0.1) is 18.7 Å². The van der Waals surface area contributed by atoms with Crippen molar-refractivity contribution in [3.63, 3.8) is 0 Å². The second kappa shape index (κ2) is 22.6. The van der Waals surface area contributed by atoms with Gasteiger partial charge in [0.25, 0.3) is 0 Å². The summed E-state index contributed by atoms with van der Waals surface area (Å²) in [4.78, 5) is 22.9. The van der Waals surface area contributed by atoms with Crippen LogP contribution in [0.15, 0.2) is 68.8 Å². The van der Waals surface area contributed by atoms with Crippen LogP contribution in [0.2, 0.25) is 5.02 Å². The van der Waals surface area contributed by atoms with Gasteiger partial charge in [0.15, 0.2) is 0 Å². The molecule has 0 aliphatic carbocycles. The first-order chi connectivity index (χ1) is 18.7. The Kier molecular flexibility index (Phi) is 21.4. The van der Waals surface area contributed by atoms with E-state index in [2.05, 4.69) is 40.4 Å². The quantitative estimate of drug-likeness (QED) is 0.229. The third kappa shape index (κ3) is 15.9. The SMILES string of the molecule is C#C.C/C=C\SCC1=NCC(C2=CC=N2)=C(CC)N1CCNC(=O)O[CH2][Pb].CC(C)F.Fc1cccc(Cl)c1. The minimum absolute atomic E-state index is 0.294. The second-order valence-corrected chi connectivity index (χ2v) is 10.2. The molecule has 11 heteroatoms. The Morgan fingerprint density at radius 2 is 2.05 bits per heavy atom. The number of amides is 1. The van der Waals surface area contributed by atoms with Crippen LogP contribution in [0.1, 0.15) is 34.1 Å². The van der Waals surface area contributed by atoms with E-state index < -0.39 is 6.17 Å². The summed E-state index contributed by atoms with van der Waals surface area (Å²) in [6, 6.07) is 5.82. The van der Waals surface area contributed by atoms with Crippen molar-refractivity contribution in [2.75, 3.05) is 29.6 Å². The van der Waals surface area contributed by atoms with Gasteiger partial charge in [0.05, 0.1) is 6.17 Å². The molecule has 3 radical (unpaired) electrons. The van der Waals surface area contributed by atoms with Crippen LogP contribution in [0.3, 0.4) is 0 Å². The molecule has 0 atom stereocenters. The van der Waals surface area contributed by atoms with E-state index in [9.17, 15) is 13.6 Å². The van der Waals surface area contributed by atoms with E-state index in [-0.39, 0.29) is 11.9 Å². The van der Waals surface area contributed by atoms with Crippen molar-refractivity contribution in [2.24, 2.45) is 9.98 Å². The van der Waals surface area contributed by atoms with Gasteiger partial charge in [0, 0.05) is 5.02 Å². The van der Waals surface area contributed by atoms with Gasteiger partial charge >= 0.3 is 163 Å². The number of allylic oxidation sites excluding steroid dienone is 3. The fourth-order valence-corrected chi connectivity index (χ4v) is 4.45. The first-order valence-corrected chi connectivity index (χ1v) is 16.3. The van der Waals surface area contributed by atoms with E-state index in [0.717, 1.165) is 49.5 Å². The standard InChI is InChI=1S/C17H23N4O2S.C6H4ClF.C3H7F.C2H2.Pb/c1-4-10-24-12-16-20-11-13(14-6-7-18-14)15(5-2)21(16)9-8-19-17(22)23-3;7-5-2-1-3-6(8)4-5;1-3(2)4;1-2;/h4,6-7,10H,3,5,8-9,11-12H2,1-2H3,(H,19,22);1-4H;3H,1-2H3;1-2H;/b10-4-;;;;. The van der Waals surface area contributed by atoms with Crippen LogP contribution in [-0.2, 0) is 4.74 Å². The number of carbonyl (C=O) groups is 1. The molecular weight excluding hydrogens is 737 g/mol. The van der Waals surface area contributed by atoms with E-state index >= 15 is 0 Å². The van der Waals surface area contributed by atoms with Crippen LogP contribution in [0.25, 0.3) is 0 Å². The number of aliphatic imine (C=N–C) groups is 2. The van der Waals surface area contributed by atoms with E-state index in [1.165, 1.54) is 37.3 Å². The number of hydrogen-bond donors (Lipinski definition) is 1. The second-order valence-electron chi connectivity index (χ2n) is 7.73. The van der Waals surface area contributed by atoms with E-state index in [1.54, 1.807) is 23.9 Å². The predicted octanol–water partition coefficient (Wildman–Crippen LogP) is 6.54. The molecule has 0 fully saturated rings. The Hall–Kier alpha value is -2.17. The number of hydrogen-bond acceptors (Lipinski definition) is 6. The van der Waals surface area contributed by atoms with Crippen LogP contribution in [0.4, 0.5) is 13.6 Å². The molecule has 39 heavy (non-hydrogen) atoms. The van der Waals surface area contributed by atoms with Crippen LogP contribution < -0.4 is 5.32 Å². The van der Waals surface area contributed by atoms with Gasteiger partial charge in [-0.1, -0.05) is 17.7 Å². The molecule has 6 nitrogen and oxygen atoms in total. The molecular formula is C28H36ClF2N4O2PbS. The molecule has 1 aromatic carbocycles. The summed E-state index contributed by atoms with van der Waals surface area (Å²) < 4.78 is 28.6. The van der Waals surface area contributed by atoms with Gasteiger partial charge in [0.2, 0.25) is 0 Å². The number of thioether (sulfide) groups is 1. The summed E-state index contributed by atoms with van der Waals surface area (Å²) in [5.41, 5.74) is 3.45. The number of alkyl halides is 1. The minimum atomic E-state index is -0.667. The first kappa shape index (κ1) is 36.8. The van der Waals surface area contributed by atoms with Gasteiger partial charge in [-0.3, -0.25) is 0 Å². The molecule has 2 heterocycles. The molecule has 0 aromatic heterocycles. The fraction of sp³-hybridized carbons (Fsp3) is 0.393. The molecule has 0 saturated heterocycles. The van der Waals surface area contributed by atoms with Gasteiger partial charge in [-0.2, -0.15) is 0 Å². The minimum Gasteiger partial charge on any atom is -0.248 e. The summed E-state index contributed by atoms with van der Waals surface area (Å²) in [6.07, 6.45) is 13.8. The molecule has 1 N–H and O–H groups in total. The molecule has 0 bridgehead atoms. The average molecular weight is 773 g/mol. The van der Waals surface area contributed by atoms with Crippen molar-refractivity contribution in [2.45, 2.75) is 40.3 Å². The van der Waals surface area contributed by atoms with E-state index in [1.807, 2.05) is 25.3 Å². The Balaban J connectivity index is 0.000000847. The number of terminal acetylenes is 1. The maximum Gasteiger partial charge on any atom is 0.124 e. The number of halogens is 3. The molecule has 0 saturated carbocycles. The molecule has 3 rings (SSSR count). The zero-order chi connectivity index (χ0) is 29.6. The number of ether oxygens (including phenoxy) is 1. The topological polar surface area (TPSA) is 66.3 Å². The number of rotatable bonds is 9. The number of amidine groups is 1. The van der Waals surface area contributed by atoms with Crippen molar-refractivity contribution >= 4 is 67.3 Å². The Morgan fingerprint density at radius 1 is 1.38 bits per heavy atom. The molecule has 1 amide bonds. The van der Waals surface area contributed by atoms with Crippen molar-refractivity contribution in [3.8, 4) is 12.8 Å². The first-order valence-electron chi connectivity index (χ1n) is 12.2. The van der Waals surface area contributed by atoms with Gasteiger partial charge in [0.1, 0.15) is 5.82 Å². The molecule has 211 valence electrons. The van der Waals surface area contributed by atoms with Crippen LogP contribution in [-0.4, -0.2) is 84.5 Å². The Morgan fingerprint density at radius 3 is 2.51 bits per heavy atom. The van der Waals surface area contributed by atoms with Gasteiger partial charge in [-0.05, 0) is 39.0 Å². The van der Waals surface area contributed by atoms with Crippen LogP contribution in [0.5, 0.6) is 0 Å². The molecule has 0 spiro atoms. The predicted molar refractivity (Wildman–Crippen MR) is 163 cm³/mol. The number of nitrogens with zero attached hydrogens (tertiary/aromatic N) is 3. The molecule has 2 aliphatic rings. The fourth-order valence-electron chi connectivity index (χ4n) is 3.08. The zero-order valence-corrected chi connectivity index (χ0v) is 28.3. The summed E-state index contributed by atoms with van der Waals surface area (Å²) in [6.45, 7) is 9.03. The van der Waals surface area contributed by atoms with Gasteiger partial charge < -0.3 is 0 Å². The number of carbonyl (C=O) groups excluding carboxylic acids is 1. The largest absolute Gasteiger partial charge is 0.248 e. The third-order valence-electron chi connectivity index (χ3n) is 4.53. The molecule has 2 aliphatic heterocycles. The summed E-state index contributed by atoms with van der Waals surface area (Å²) in [7, 11) is 0. The summed E-state index contributed by atoms with van der Waals surface area (Å²) >= 11 is 7.98. The smallest absolute Gasteiger partial charge is 0.124 e. The normalized spacial score (nSPS) is 13.6. The Labute approximate surface area is 256 Å². The van der Waals surface area contributed by atoms with Gasteiger partial charge in [-0.25, -0.2) is 8.78 Å². The van der Waals surface area contributed by atoms with Crippen molar-refractivity contribution < 1.29 is 18.3 Å². The Bertz CT molecular complexity index is 1040. The van der Waals surface area contributed by atoms with Gasteiger partial charge in [-0.15, -0.1) is 12.8 Å². The van der Waals surface area contributed by atoms with Crippen molar-refractivity contribution in [3.05, 3.63) is 69.6 Å². The summed E-state index contributed by atoms with van der Waals surface area (Å²) in [5.74, 6) is 1.57. The third-order valence-corrected chi connectivity index (χ3v) is 6.22. The number of alkyl carbamates (subject to hydrolysis) is 1. The number of benzene rings is 1. The number of nitrogens with one attached hydrogen (secondary N) is 1. The monoisotopic (exact) mass is 773 g/mol. The zero-order valence-electron chi connectivity index (χ0n) is 22.8.